The first-order chi connectivity index (χ1) is 11.1. The number of carbonyl (C=O) groups is 1. The maximum absolute atomic E-state index is 12.6. The molecule has 1 amide bonds. The molecule has 0 saturated carbocycles. The lowest BCUT2D eigenvalue weighted by Gasteiger charge is -2.45. The molecule has 3 rings (SSSR count). The summed E-state index contributed by atoms with van der Waals surface area (Å²) in [5.74, 6) is 0.894. The number of likely N-dealkylation sites (N-methyl/N-ethyl adjacent to an activating group) is 1. The van der Waals surface area contributed by atoms with Crippen molar-refractivity contribution in [3.8, 4) is 0 Å². The first-order valence-corrected chi connectivity index (χ1v) is 9.17. The zero-order chi connectivity index (χ0) is 16.4. The highest BCUT2D eigenvalue weighted by Gasteiger charge is 2.34. The fourth-order valence-electron chi connectivity index (χ4n) is 4.45. The average molecular weight is 317 g/mol. The number of carbonyl (C=O) groups excluding carboxylic acids is 1. The third-order valence-electron chi connectivity index (χ3n) is 5.87. The molecular formula is C19H31N3O. The molecule has 2 fully saturated rings. The average Bonchev–Trinajstić information content (AvgIpc) is 2.87. The van der Waals surface area contributed by atoms with E-state index in [-0.39, 0.29) is 5.91 Å². The molecule has 0 aliphatic carbocycles. The van der Waals surface area contributed by atoms with E-state index in [0.29, 0.717) is 18.5 Å². The number of aryl methyl sites for hydroxylation is 2. The number of rotatable bonds is 4. The molecular weight excluding hydrogens is 286 g/mol. The van der Waals surface area contributed by atoms with Gasteiger partial charge < -0.3 is 14.4 Å². The van der Waals surface area contributed by atoms with Gasteiger partial charge in [0.05, 0.1) is 0 Å². The van der Waals surface area contributed by atoms with Gasteiger partial charge in [-0.2, -0.15) is 0 Å². The summed E-state index contributed by atoms with van der Waals surface area (Å²) in [6.45, 7) is 8.06. The summed E-state index contributed by atoms with van der Waals surface area (Å²) < 4.78 is 2.12. The van der Waals surface area contributed by atoms with Gasteiger partial charge in [0.25, 0.3) is 0 Å². The molecule has 0 aromatic carbocycles. The Morgan fingerprint density at radius 3 is 2.57 bits per heavy atom. The van der Waals surface area contributed by atoms with E-state index in [9.17, 15) is 4.79 Å². The highest BCUT2D eigenvalue weighted by Crippen LogP contribution is 2.31. The summed E-state index contributed by atoms with van der Waals surface area (Å²) in [5, 5.41) is 0. The zero-order valence-electron chi connectivity index (χ0n) is 14.9. The molecule has 0 spiro atoms. The van der Waals surface area contributed by atoms with Crippen molar-refractivity contribution in [2.45, 2.75) is 58.5 Å². The van der Waals surface area contributed by atoms with E-state index in [1.807, 2.05) is 11.9 Å². The van der Waals surface area contributed by atoms with E-state index in [1.165, 1.54) is 56.6 Å². The number of hydrogen-bond acceptors (Lipinski definition) is 2. The third kappa shape index (κ3) is 3.63. The molecule has 0 N–H and O–H groups in total. The van der Waals surface area contributed by atoms with E-state index >= 15 is 0 Å². The van der Waals surface area contributed by atoms with Crippen LogP contribution in [0, 0.1) is 19.8 Å². The molecule has 2 aliphatic heterocycles. The number of fused-ring (bicyclic) bond motifs is 1. The summed E-state index contributed by atoms with van der Waals surface area (Å²) in [6, 6.07) is 4.88. The highest BCUT2D eigenvalue weighted by atomic mass is 16.2. The maximum Gasteiger partial charge on any atom is 0.242 e. The van der Waals surface area contributed by atoms with Crippen LogP contribution in [0.25, 0.3) is 0 Å². The van der Waals surface area contributed by atoms with Gasteiger partial charge in [0.2, 0.25) is 5.91 Å². The predicted octanol–water partition coefficient (Wildman–Crippen LogP) is 2.83. The van der Waals surface area contributed by atoms with Crippen molar-refractivity contribution in [3.63, 3.8) is 0 Å². The van der Waals surface area contributed by atoms with Gasteiger partial charge in [-0.3, -0.25) is 4.79 Å². The minimum atomic E-state index is 0.236. The third-order valence-corrected chi connectivity index (χ3v) is 5.87. The van der Waals surface area contributed by atoms with Crippen LogP contribution in [0.2, 0.25) is 0 Å². The summed E-state index contributed by atoms with van der Waals surface area (Å²) in [4.78, 5) is 17.3. The van der Waals surface area contributed by atoms with Crippen molar-refractivity contribution in [2.24, 2.45) is 5.92 Å². The maximum atomic E-state index is 12.6. The Kier molecular flexibility index (Phi) is 5.10. The number of amides is 1. The van der Waals surface area contributed by atoms with Crippen LogP contribution in [-0.4, -0.2) is 53.0 Å². The quantitative estimate of drug-likeness (QED) is 0.854. The summed E-state index contributed by atoms with van der Waals surface area (Å²) in [7, 11) is 1.98. The van der Waals surface area contributed by atoms with Crippen LogP contribution in [0.15, 0.2) is 12.1 Å². The smallest absolute Gasteiger partial charge is 0.242 e. The Morgan fingerprint density at radius 2 is 1.83 bits per heavy atom. The molecule has 2 saturated heterocycles. The van der Waals surface area contributed by atoms with E-state index in [4.69, 9.17) is 0 Å². The fourth-order valence-corrected chi connectivity index (χ4v) is 4.45. The van der Waals surface area contributed by atoms with Crippen LogP contribution < -0.4 is 0 Å². The largest absolute Gasteiger partial charge is 0.344 e. The second kappa shape index (κ2) is 7.08. The SMILES string of the molecule is Cc1ccc(C)n1CC(=O)N(C)C[C@H]1CCCN2CCCC[C@H]12. The Hall–Kier alpha value is -1.29. The summed E-state index contributed by atoms with van der Waals surface area (Å²) in [5.41, 5.74) is 2.33. The highest BCUT2D eigenvalue weighted by molar-refractivity contribution is 5.76. The van der Waals surface area contributed by atoms with E-state index in [2.05, 4.69) is 35.4 Å². The Balaban J connectivity index is 1.59. The topological polar surface area (TPSA) is 28.5 Å². The van der Waals surface area contributed by atoms with Crippen molar-refractivity contribution in [1.82, 2.24) is 14.4 Å². The Morgan fingerprint density at radius 1 is 1.13 bits per heavy atom. The number of hydrogen-bond donors (Lipinski definition) is 0. The number of piperidine rings is 2. The minimum Gasteiger partial charge on any atom is -0.344 e. The first-order valence-electron chi connectivity index (χ1n) is 9.17. The van der Waals surface area contributed by atoms with Gasteiger partial charge >= 0.3 is 0 Å². The molecule has 2 aliphatic rings. The van der Waals surface area contributed by atoms with Gasteiger partial charge in [-0.25, -0.2) is 0 Å². The van der Waals surface area contributed by atoms with Crippen LogP contribution >= 0.6 is 0 Å². The molecule has 1 aromatic heterocycles. The van der Waals surface area contributed by atoms with Crippen LogP contribution in [0.5, 0.6) is 0 Å². The normalized spacial score (nSPS) is 25.2. The first kappa shape index (κ1) is 16.6. The predicted molar refractivity (Wildman–Crippen MR) is 93.5 cm³/mol. The lowest BCUT2D eigenvalue weighted by Crippen LogP contribution is -2.51. The molecule has 1 aromatic rings. The van der Waals surface area contributed by atoms with Crippen LogP contribution in [0.4, 0.5) is 0 Å². The molecule has 4 heteroatoms. The molecule has 4 nitrogen and oxygen atoms in total. The Labute approximate surface area is 140 Å². The number of nitrogens with zero attached hydrogens (tertiary/aromatic N) is 3. The fraction of sp³-hybridized carbons (Fsp3) is 0.737. The van der Waals surface area contributed by atoms with E-state index in [1.54, 1.807) is 0 Å². The summed E-state index contributed by atoms with van der Waals surface area (Å²) in [6.07, 6.45) is 6.60. The van der Waals surface area contributed by atoms with Crippen molar-refractivity contribution in [3.05, 3.63) is 23.5 Å². The van der Waals surface area contributed by atoms with Crippen molar-refractivity contribution in [2.75, 3.05) is 26.7 Å². The lowest BCUT2D eigenvalue weighted by molar-refractivity contribution is -0.131. The van der Waals surface area contributed by atoms with Gasteiger partial charge in [-0.05, 0) is 70.7 Å². The molecule has 2 atom stereocenters. The van der Waals surface area contributed by atoms with Crippen molar-refractivity contribution in [1.29, 1.82) is 0 Å². The van der Waals surface area contributed by atoms with Crippen molar-refractivity contribution >= 4 is 5.91 Å². The monoisotopic (exact) mass is 317 g/mol. The van der Waals surface area contributed by atoms with Crippen LogP contribution in [-0.2, 0) is 11.3 Å². The number of aromatic nitrogens is 1. The molecule has 0 unspecified atom stereocenters. The minimum absolute atomic E-state index is 0.236. The van der Waals surface area contributed by atoms with Gasteiger partial charge in [0.15, 0.2) is 0 Å². The zero-order valence-corrected chi connectivity index (χ0v) is 14.9. The van der Waals surface area contributed by atoms with Crippen LogP contribution in [0.1, 0.15) is 43.5 Å². The molecule has 0 bridgehead atoms. The van der Waals surface area contributed by atoms with Crippen LogP contribution in [0.3, 0.4) is 0 Å². The Bertz CT molecular complexity index is 529. The van der Waals surface area contributed by atoms with E-state index in [0.717, 1.165) is 6.54 Å². The molecule has 128 valence electrons. The standard InChI is InChI=1S/C19H31N3O/c1-15-9-10-16(2)22(15)14-19(23)20(3)13-17-7-6-12-21-11-5-4-8-18(17)21/h9-10,17-18H,4-8,11-14H2,1-3H3/t17-,18-/m1/s1. The van der Waals surface area contributed by atoms with Gasteiger partial charge in [-0.15, -0.1) is 0 Å². The lowest BCUT2D eigenvalue weighted by atomic mass is 9.83. The second-order valence-electron chi connectivity index (χ2n) is 7.48. The summed E-state index contributed by atoms with van der Waals surface area (Å²) >= 11 is 0. The molecule has 23 heavy (non-hydrogen) atoms. The van der Waals surface area contributed by atoms with Crippen molar-refractivity contribution < 1.29 is 4.79 Å². The van der Waals surface area contributed by atoms with Gasteiger partial charge in [0.1, 0.15) is 6.54 Å². The second-order valence-corrected chi connectivity index (χ2v) is 7.48. The molecule has 3 heterocycles. The van der Waals surface area contributed by atoms with E-state index < -0.39 is 0 Å². The molecule has 0 radical (unpaired) electrons. The van der Waals surface area contributed by atoms with Gasteiger partial charge in [0, 0.05) is 31.0 Å². The van der Waals surface area contributed by atoms with Gasteiger partial charge in [-0.1, -0.05) is 6.42 Å².